The first kappa shape index (κ1) is 57.5. The Morgan fingerprint density at radius 1 is 1.00 bits per heavy atom. The van der Waals surface area contributed by atoms with Crippen LogP contribution in [-0.2, 0) is 55.5 Å². The molecule has 0 aromatic carbocycles. The van der Waals surface area contributed by atoms with Crippen LogP contribution in [0.3, 0.4) is 0 Å². The number of carbonyl (C=O) groups is 4. The smallest absolute Gasteiger partial charge is 0.386 e. The standard InChI is InChI=1S/C39H64N7O18P3S/c1-4-5-9-13-26-25(15-16-27(26)47)12-10-7-6-8-11-14-30(49)68-20-19-41-29(48)17-18-42-37(52)34(51)39(2,3)22-61-67(58,59)64-66(56,57)60-21-28-33(63-65(53,54)55)32(50)38(62-28)46-24-45-31-35(40)43-23-44-36(31)46/h5,9,23-26,28,32-34,38,50-51H,4,6-8,10-22H2,1-3H3,(H,41,48)(H,42,52)(H,56,57)(H,58,59)(H2,40,43,44)(H2,53,54,55)/b9-5-/t25-,26-,28+,32?,33-,34-,38+/m0/s1. The van der Waals surface area contributed by atoms with Crippen molar-refractivity contribution in [1.82, 2.24) is 30.2 Å². The maximum absolute atomic E-state index is 12.7. The molecule has 2 aliphatic rings. The number of carbonyl (C=O) groups excluding carboxylic acids is 4. The van der Waals surface area contributed by atoms with Crippen molar-refractivity contribution >= 4 is 74.9 Å². The normalized spacial score (nSPS) is 23.5. The number of Topliss-reactive ketones (excluding diaryl/α,β-unsaturated/α-hetero) is 1. The highest BCUT2D eigenvalue weighted by atomic mass is 32.2. The minimum Gasteiger partial charge on any atom is -0.386 e. The second kappa shape index (κ2) is 26.4. The Hall–Kier alpha value is -3.03. The largest absolute Gasteiger partial charge is 0.481 e. The number of ketones is 1. The van der Waals surface area contributed by atoms with Crippen molar-refractivity contribution in [3.05, 3.63) is 24.8 Å². The van der Waals surface area contributed by atoms with Crippen LogP contribution in [0, 0.1) is 17.3 Å². The fourth-order valence-electron chi connectivity index (χ4n) is 7.63. The van der Waals surface area contributed by atoms with Crippen molar-refractivity contribution in [2.75, 3.05) is 37.8 Å². The number of amides is 2. The number of aliphatic hydroxyl groups excluding tert-OH is 2. The van der Waals surface area contributed by atoms with Gasteiger partial charge in [0.1, 0.15) is 42.0 Å². The lowest BCUT2D eigenvalue weighted by Gasteiger charge is -2.30. The minimum atomic E-state index is -5.58. The Bertz CT molecular complexity index is 2200. The number of nitrogens with zero attached hydrogens (tertiary/aromatic N) is 4. The summed E-state index contributed by atoms with van der Waals surface area (Å²) in [6.07, 6.45) is 7.21. The first-order chi connectivity index (χ1) is 31.9. The molecular formula is C39H64N7O18P3S. The summed E-state index contributed by atoms with van der Waals surface area (Å²) in [5, 5.41) is 26.6. The molecule has 29 heteroatoms. The number of rotatable bonds is 30. The van der Waals surface area contributed by atoms with Crippen molar-refractivity contribution in [3.8, 4) is 0 Å². The van der Waals surface area contributed by atoms with Crippen molar-refractivity contribution < 1.29 is 85.3 Å². The zero-order valence-electron chi connectivity index (χ0n) is 38.1. The molecule has 2 aromatic heterocycles. The predicted molar refractivity (Wildman–Crippen MR) is 245 cm³/mol. The number of imidazole rings is 1. The Kier molecular flexibility index (Phi) is 22.4. The summed E-state index contributed by atoms with van der Waals surface area (Å²) < 4.78 is 62.4. The van der Waals surface area contributed by atoms with Crippen molar-refractivity contribution in [2.24, 2.45) is 17.3 Å². The topological polar surface area (TPSA) is 381 Å². The number of thioether (sulfide) groups is 1. The Labute approximate surface area is 397 Å². The predicted octanol–water partition coefficient (Wildman–Crippen LogP) is 3.35. The number of nitrogens with one attached hydrogen (secondary N) is 2. The lowest BCUT2D eigenvalue weighted by molar-refractivity contribution is -0.137. The Balaban J connectivity index is 1.09. The monoisotopic (exact) mass is 1040 g/mol. The molecule has 1 saturated carbocycles. The van der Waals surface area contributed by atoms with Gasteiger partial charge < -0.3 is 50.9 Å². The number of aromatic nitrogens is 4. The average molecular weight is 1040 g/mol. The SMILES string of the molecule is CC/C=C\C[C@@H]1C(=O)CC[C@@H]1CCCCCCCC(=O)SCCNC(=O)CCNC(=O)[C@H](O)C(C)(C)COP(=O)(O)OP(=O)(O)OC[C@H]1O[C@@H](n2cnc3c(N)ncnc32)C(O)[C@H]1OP(=O)(O)O. The van der Waals surface area contributed by atoms with Gasteiger partial charge in [-0.3, -0.25) is 37.3 Å². The number of hydrogen-bond donors (Lipinski definition) is 9. The van der Waals surface area contributed by atoms with Crippen molar-refractivity contribution in [1.29, 1.82) is 0 Å². The van der Waals surface area contributed by atoms with E-state index in [2.05, 4.69) is 53.5 Å². The van der Waals surface area contributed by atoms with Crippen LogP contribution in [0.25, 0.3) is 11.2 Å². The van der Waals surface area contributed by atoms with Gasteiger partial charge in [0.25, 0.3) is 0 Å². The molecule has 0 radical (unpaired) electrons. The molecule has 1 saturated heterocycles. The summed E-state index contributed by atoms with van der Waals surface area (Å²) in [5.74, 6) is -0.0584. The summed E-state index contributed by atoms with van der Waals surface area (Å²) in [6, 6.07) is 0. The van der Waals surface area contributed by atoms with Gasteiger partial charge in [-0.15, -0.1) is 0 Å². The molecule has 0 spiro atoms. The lowest BCUT2D eigenvalue weighted by atomic mass is 9.87. The molecule has 384 valence electrons. The molecule has 9 atom stereocenters. The Morgan fingerprint density at radius 3 is 2.43 bits per heavy atom. The molecule has 68 heavy (non-hydrogen) atoms. The van der Waals surface area contributed by atoms with Crippen molar-refractivity contribution in [2.45, 2.75) is 128 Å². The van der Waals surface area contributed by atoms with E-state index in [9.17, 15) is 62.7 Å². The molecule has 2 fully saturated rings. The molecular weight excluding hydrogens is 979 g/mol. The van der Waals surface area contributed by atoms with E-state index >= 15 is 0 Å². The van der Waals surface area contributed by atoms with Gasteiger partial charge in [0.15, 0.2) is 22.8 Å². The van der Waals surface area contributed by atoms with E-state index in [0.717, 1.165) is 86.8 Å². The van der Waals surface area contributed by atoms with E-state index in [1.807, 2.05) is 0 Å². The van der Waals surface area contributed by atoms with Gasteiger partial charge in [0, 0.05) is 49.4 Å². The third-order valence-corrected chi connectivity index (χ3v) is 15.3. The van der Waals surface area contributed by atoms with Crippen LogP contribution in [0.5, 0.6) is 0 Å². The fourth-order valence-corrected chi connectivity index (χ4v) is 11.2. The fraction of sp³-hybridized carbons (Fsp3) is 0.718. The maximum Gasteiger partial charge on any atom is 0.481 e. The number of hydrogen-bond acceptors (Lipinski definition) is 19. The Morgan fingerprint density at radius 2 is 1.71 bits per heavy atom. The van der Waals surface area contributed by atoms with Crippen LogP contribution < -0.4 is 16.4 Å². The number of ether oxygens (including phenoxy) is 1. The second-order valence-electron chi connectivity index (χ2n) is 17.1. The summed E-state index contributed by atoms with van der Waals surface area (Å²) >= 11 is 1.13. The highest BCUT2D eigenvalue weighted by Crippen LogP contribution is 2.61. The number of fused-ring (bicyclic) bond motifs is 1. The summed E-state index contributed by atoms with van der Waals surface area (Å²) in [5.41, 5.74) is 4.27. The molecule has 0 bridgehead atoms. The minimum absolute atomic E-state index is 0.0291. The van der Waals surface area contributed by atoms with Crippen LogP contribution in [-0.4, -0.2) is 128 Å². The van der Waals surface area contributed by atoms with E-state index in [-0.39, 0.29) is 47.5 Å². The van der Waals surface area contributed by atoms with Gasteiger partial charge >= 0.3 is 23.5 Å². The average Bonchev–Trinajstić information content (AvgIpc) is 3.94. The number of nitrogens with two attached hydrogens (primary N) is 1. The molecule has 1 aliphatic carbocycles. The summed E-state index contributed by atoms with van der Waals surface area (Å²) in [6.45, 7) is 2.59. The number of phosphoric ester groups is 3. The van der Waals surface area contributed by atoms with Crippen LogP contribution in [0.15, 0.2) is 24.8 Å². The first-order valence-electron chi connectivity index (χ1n) is 22.2. The van der Waals surface area contributed by atoms with E-state index in [1.54, 1.807) is 0 Å². The summed E-state index contributed by atoms with van der Waals surface area (Å²) in [4.78, 5) is 101. The first-order valence-corrected chi connectivity index (χ1v) is 27.7. The zero-order valence-corrected chi connectivity index (χ0v) is 41.6. The highest BCUT2D eigenvalue weighted by Gasteiger charge is 2.50. The van der Waals surface area contributed by atoms with Crippen LogP contribution >= 0.6 is 35.2 Å². The van der Waals surface area contributed by atoms with E-state index < -0.39 is 84.6 Å². The lowest BCUT2D eigenvalue weighted by Crippen LogP contribution is -2.46. The number of allylic oxidation sites excluding steroid dienone is 2. The third-order valence-electron chi connectivity index (χ3n) is 11.3. The summed E-state index contributed by atoms with van der Waals surface area (Å²) in [7, 11) is -16.4. The van der Waals surface area contributed by atoms with Crippen LogP contribution in [0.2, 0.25) is 0 Å². The number of nitrogen functional groups attached to an aromatic ring is 1. The molecule has 1 aliphatic heterocycles. The van der Waals surface area contributed by atoms with Crippen molar-refractivity contribution in [3.63, 3.8) is 0 Å². The molecule has 3 unspecified atom stereocenters. The third kappa shape index (κ3) is 18.3. The number of phosphoric acid groups is 3. The molecule has 4 rings (SSSR count). The van der Waals surface area contributed by atoms with E-state index in [0.29, 0.717) is 30.3 Å². The van der Waals surface area contributed by atoms with Gasteiger partial charge in [-0.2, -0.15) is 4.31 Å². The highest BCUT2D eigenvalue weighted by molar-refractivity contribution is 8.13. The number of anilines is 1. The van der Waals surface area contributed by atoms with Gasteiger partial charge in [-0.1, -0.05) is 70.4 Å². The van der Waals surface area contributed by atoms with Crippen LogP contribution in [0.1, 0.15) is 104 Å². The van der Waals surface area contributed by atoms with E-state index in [1.165, 1.54) is 13.8 Å². The maximum atomic E-state index is 12.7. The van der Waals surface area contributed by atoms with Gasteiger partial charge in [0.05, 0.1) is 19.5 Å². The van der Waals surface area contributed by atoms with Gasteiger partial charge in [-0.05, 0) is 38.0 Å². The molecule has 2 amide bonds. The zero-order chi connectivity index (χ0) is 50.3. The van der Waals surface area contributed by atoms with Gasteiger partial charge in [0.2, 0.25) is 11.8 Å². The second-order valence-corrected chi connectivity index (χ2v) is 22.5. The molecule has 2 aromatic rings. The quantitative estimate of drug-likeness (QED) is 0.0308. The molecule has 25 nitrogen and oxygen atoms in total. The number of unbranched alkanes of at least 4 members (excludes halogenated alkanes) is 4. The van der Waals surface area contributed by atoms with Crippen LogP contribution in [0.4, 0.5) is 5.82 Å². The van der Waals surface area contributed by atoms with Gasteiger partial charge in [-0.25, -0.2) is 28.6 Å². The molecule has 3 heterocycles. The van der Waals surface area contributed by atoms with E-state index in [4.69, 9.17) is 19.5 Å². The molecule has 10 N–H and O–H groups in total. The number of aliphatic hydroxyl groups is 2.